The topological polar surface area (TPSA) is 72.8 Å². The SMILES string of the molecule is CCOP(=O)(OCC)[C@H](O)CC=O. The van der Waals surface area contributed by atoms with Crippen molar-refractivity contribution in [2.75, 3.05) is 13.2 Å². The molecule has 0 spiro atoms. The second kappa shape index (κ2) is 6.27. The Balaban J connectivity index is 4.36. The molecule has 0 aromatic carbocycles. The van der Waals surface area contributed by atoms with Gasteiger partial charge >= 0.3 is 7.60 Å². The van der Waals surface area contributed by atoms with Crippen molar-refractivity contribution in [3.63, 3.8) is 0 Å². The van der Waals surface area contributed by atoms with E-state index in [1.54, 1.807) is 13.8 Å². The largest absolute Gasteiger partial charge is 0.380 e. The highest BCUT2D eigenvalue weighted by molar-refractivity contribution is 7.54. The maximum absolute atomic E-state index is 11.6. The van der Waals surface area contributed by atoms with Gasteiger partial charge < -0.3 is 18.9 Å². The number of aliphatic hydroxyl groups excluding tert-OH is 1. The predicted molar refractivity (Wildman–Crippen MR) is 47.5 cm³/mol. The molecule has 0 fully saturated rings. The van der Waals surface area contributed by atoms with Gasteiger partial charge in [-0.15, -0.1) is 0 Å². The first kappa shape index (κ1) is 12.8. The number of hydrogen-bond acceptors (Lipinski definition) is 5. The van der Waals surface area contributed by atoms with E-state index in [2.05, 4.69) is 0 Å². The van der Waals surface area contributed by atoms with E-state index in [9.17, 15) is 14.5 Å². The van der Waals surface area contributed by atoms with Gasteiger partial charge in [0, 0.05) is 6.42 Å². The summed E-state index contributed by atoms with van der Waals surface area (Å²) in [5.74, 6) is -1.36. The molecule has 0 aromatic heterocycles. The molecule has 0 saturated carbocycles. The van der Waals surface area contributed by atoms with Crippen molar-refractivity contribution in [3.8, 4) is 0 Å². The average molecular weight is 210 g/mol. The van der Waals surface area contributed by atoms with Crippen LogP contribution >= 0.6 is 7.60 Å². The van der Waals surface area contributed by atoms with E-state index < -0.39 is 13.4 Å². The van der Waals surface area contributed by atoms with Crippen LogP contribution in [-0.2, 0) is 18.4 Å². The number of carbonyl (C=O) groups is 1. The van der Waals surface area contributed by atoms with Gasteiger partial charge in [0.2, 0.25) is 0 Å². The molecule has 0 rings (SSSR count). The number of carbonyl (C=O) groups excluding carboxylic acids is 1. The molecule has 0 aromatic rings. The van der Waals surface area contributed by atoms with E-state index in [0.29, 0.717) is 6.29 Å². The summed E-state index contributed by atoms with van der Waals surface area (Å²) in [6.45, 7) is 3.62. The molecule has 1 atom stereocenters. The third kappa shape index (κ3) is 4.00. The van der Waals surface area contributed by atoms with Gasteiger partial charge in [-0.25, -0.2) is 0 Å². The molecular weight excluding hydrogens is 195 g/mol. The van der Waals surface area contributed by atoms with Gasteiger partial charge in [0.15, 0.2) is 5.85 Å². The van der Waals surface area contributed by atoms with Crippen LogP contribution in [-0.4, -0.2) is 30.5 Å². The van der Waals surface area contributed by atoms with Crippen LogP contribution in [0.2, 0.25) is 0 Å². The molecule has 0 aliphatic heterocycles. The van der Waals surface area contributed by atoms with Crippen molar-refractivity contribution in [1.29, 1.82) is 0 Å². The molecule has 0 heterocycles. The van der Waals surface area contributed by atoms with Crippen molar-refractivity contribution in [2.45, 2.75) is 26.1 Å². The highest BCUT2D eigenvalue weighted by atomic mass is 31.2. The number of aliphatic hydroxyl groups is 1. The zero-order chi connectivity index (χ0) is 10.3. The third-order valence-corrected chi connectivity index (χ3v) is 3.47. The second-order valence-electron chi connectivity index (χ2n) is 2.26. The van der Waals surface area contributed by atoms with Crippen LogP contribution in [0, 0.1) is 0 Å². The van der Waals surface area contributed by atoms with Crippen LogP contribution in [0.3, 0.4) is 0 Å². The Hall–Kier alpha value is -0.220. The molecule has 0 amide bonds. The minimum Gasteiger partial charge on any atom is -0.380 e. The van der Waals surface area contributed by atoms with E-state index in [4.69, 9.17) is 9.05 Å². The minimum atomic E-state index is -3.50. The molecule has 13 heavy (non-hydrogen) atoms. The Kier molecular flexibility index (Phi) is 6.16. The Labute approximate surface area is 77.6 Å². The third-order valence-electron chi connectivity index (χ3n) is 1.29. The van der Waals surface area contributed by atoms with Gasteiger partial charge in [-0.05, 0) is 13.8 Å². The smallest absolute Gasteiger partial charge is 0.359 e. The van der Waals surface area contributed by atoms with Crippen LogP contribution in [0.5, 0.6) is 0 Å². The lowest BCUT2D eigenvalue weighted by Crippen LogP contribution is -2.13. The molecule has 0 unspecified atom stereocenters. The summed E-state index contributed by atoms with van der Waals surface area (Å²) >= 11 is 0. The standard InChI is InChI=1S/C7H15O5P/c1-3-11-13(10,12-4-2)7(9)5-6-8/h6-7,9H,3-5H2,1-2H3/t7-/m0/s1. The van der Waals surface area contributed by atoms with Gasteiger partial charge in [-0.3, -0.25) is 4.57 Å². The summed E-state index contributed by atoms with van der Waals surface area (Å²) in [5.41, 5.74) is 0. The second-order valence-corrected chi connectivity index (χ2v) is 4.45. The van der Waals surface area contributed by atoms with Gasteiger partial charge in [0.05, 0.1) is 13.2 Å². The molecule has 5 nitrogen and oxygen atoms in total. The van der Waals surface area contributed by atoms with E-state index >= 15 is 0 Å². The predicted octanol–water partition coefficient (Wildman–Crippen LogP) is 1.16. The quantitative estimate of drug-likeness (QED) is 0.504. The first-order valence-electron chi connectivity index (χ1n) is 4.11. The fourth-order valence-electron chi connectivity index (χ4n) is 0.784. The molecule has 1 N–H and O–H groups in total. The van der Waals surface area contributed by atoms with E-state index in [1.165, 1.54) is 0 Å². The molecule has 0 saturated heterocycles. The maximum Gasteiger partial charge on any atom is 0.359 e. The molecule has 0 radical (unpaired) electrons. The van der Waals surface area contributed by atoms with Crippen molar-refractivity contribution in [2.24, 2.45) is 0 Å². The zero-order valence-electron chi connectivity index (χ0n) is 7.80. The number of hydrogen-bond donors (Lipinski definition) is 1. The molecule has 0 bridgehead atoms. The molecule has 78 valence electrons. The van der Waals surface area contributed by atoms with Crippen LogP contribution in [0.25, 0.3) is 0 Å². The van der Waals surface area contributed by atoms with Gasteiger partial charge in [-0.1, -0.05) is 0 Å². The van der Waals surface area contributed by atoms with Crippen LogP contribution in [0.1, 0.15) is 20.3 Å². The van der Waals surface area contributed by atoms with E-state index in [1.807, 2.05) is 0 Å². The lowest BCUT2D eigenvalue weighted by atomic mass is 10.5. The first-order valence-corrected chi connectivity index (χ1v) is 5.72. The van der Waals surface area contributed by atoms with Gasteiger partial charge in [-0.2, -0.15) is 0 Å². The van der Waals surface area contributed by atoms with Crippen LogP contribution in [0.4, 0.5) is 0 Å². The maximum atomic E-state index is 11.6. The zero-order valence-corrected chi connectivity index (χ0v) is 8.70. The highest BCUT2D eigenvalue weighted by Crippen LogP contribution is 2.52. The normalized spacial score (nSPS) is 14.1. The Morgan fingerprint density at radius 2 is 1.85 bits per heavy atom. The van der Waals surface area contributed by atoms with Gasteiger partial charge in [0.25, 0.3) is 0 Å². The fraction of sp³-hybridized carbons (Fsp3) is 0.857. The summed E-state index contributed by atoms with van der Waals surface area (Å²) in [6.07, 6.45) is 0.243. The summed E-state index contributed by atoms with van der Waals surface area (Å²) in [7, 11) is -3.50. The van der Waals surface area contributed by atoms with Crippen LogP contribution < -0.4 is 0 Å². The van der Waals surface area contributed by atoms with E-state index in [0.717, 1.165) is 0 Å². The van der Waals surface area contributed by atoms with Crippen molar-refractivity contribution < 1.29 is 23.5 Å². The summed E-state index contributed by atoms with van der Waals surface area (Å²) < 4.78 is 21.3. The number of aldehydes is 1. The van der Waals surface area contributed by atoms with E-state index in [-0.39, 0.29) is 19.6 Å². The summed E-state index contributed by atoms with van der Waals surface area (Å²) in [4.78, 5) is 10.1. The Morgan fingerprint density at radius 1 is 1.38 bits per heavy atom. The first-order chi connectivity index (χ1) is 6.10. The monoisotopic (exact) mass is 210 g/mol. The van der Waals surface area contributed by atoms with Crippen molar-refractivity contribution >= 4 is 13.9 Å². The Morgan fingerprint density at radius 3 is 2.15 bits per heavy atom. The van der Waals surface area contributed by atoms with Crippen molar-refractivity contribution in [1.82, 2.24) is 0 Å². The van der Waals surface area contributed by atoms with Gasteiger partial charge in [0.1, 0.15) is 6.29 Å². The lowest BCUT2D eigenvalue weighted by molar-refractivity contribution is -0.109. The fourth-order valence-corrected chi connectivity index (χ4v) is 2.27. The van der Waals surface area contributed by atoms with Crippen LogP contribution in [0.15, 0.2) is 0 Å². The lowest BCUT2D eigenvalue weighted by Gasteiger charge is -2.20. The molecule has 0 aliphatic carbocycles. The summed E-state index contributed by atoms with van der Waals surface area (Å²) in [5, 5.41) is 9.29. The molecule has 6 heteroatoms. The minimum absolute atomic E-state index is 0.174. The number of rotatable bonds is 7. The molecular formula is C7H15O5P. The van der Waals surface area contributed by atoms with Crippen molar-refractivity contribution in [3.05, 3.63) is 0 Å². The average Bonchev–Trinajstić information content (AvgIpc) is 2.05. The molecule has 0 aliphatic rings. The summed E-state index contributed by atoms with van der Waals surface area (Å²) in [6, 6.07) is 0. The Bertz CT molecular complexity index is 183. The highest BCUT2D eigenvalue weighted by Gasteiger charge is 2.33.